The van der Waals surface area contributed by atoms with Crippen molar-refractivity contribution in [2.45, 2.75) is 44.9 Å². The maximum absolute atomic E-state index is 6.39. The summed E-state index contributed by atoms with van der Waals surface area (Å²) in [6.07, 6.45) is 4.14. The highest BCUT2D eigenvalue weighted by atomic mass is 35.5. The zero-order chi connectivity index (χ0) is 16.5. The van der Waals surface area contributed by atoms with Crippen LogP contribution in [0.4, 0.5) is 0 Å². The summed E-state index contributed by atoms with van der Waals surface area (Å²) in [5.74, 6) is 0.996. The van der Waals surface area contributed by atoms with E-state index in [9.17, 15) is 0 Å². The molecule has 0 unspecified atom stereocenters. The summed E-state index contributed by atoms with van der Waals surface area (Å²) in [5.41, 5.74) is 3.30. The van der Waals surface area contributed by atoms with Gasteiger partial charge < -0.3 is 4.74 Å². The van der Waals surface area contributed by atoms with Gasteiger partial charge in [-0.15, -0.1) is 0 Å². The Morgan fingerprint density at radius 3 is 2.79 bits per heavy atom. The molecule has 0 bridgehead atoms. The van der Waals surface area contributed by atoms with E-state index in [1.54, 1.807) is 0 Å². The van der Waals surface area contributed by atoms with E-state index in [0.717, 1.165) is 47.7 Å². The predicted octanol–water partition coefficient (Wildman–Crippen LogP) is 5.40. The van der Waals surface area contributed by atoms with Crippen LogP contribution in [0.1, 0.15) is 49.8 Å². The zero-order valence-electron chi connectivity index (χ0n) is 13.8. The summed E-state index contributed by atoms with van der Waals surface area (Å²) in [6, 6.07) is 16.5. The number of hydrogen-bond acceptors (Lipinski definition) is 3. The van der Waals surface area contributed by atoms with Crippen molar-refractivity contribution in [2.24, 2.45) is 5.10 Å². The fourth-order valence-electron chi connectivity index (χ4n) is 3.54. The molecule has 0 saturated carbocycles. The SMILES string of the molecule is CCCC[C@@H]1Oc2ccccc2[C@H]2CC(c3ccccc3Cl)=NN12. The first kappa shape index (κ1) is 15.5. The quantitative estimate of drug-likeness (QED) is 0.744. The summed E-state index contributed by atoms with van der Waals surface area (Å²) < 4.78 is 6.25. The molecule has 0 aromatic heterocycles. The third kappa shape index (κ3) is 2.67. The van der Waals surface area contributed by atoms with Crippen LogP contribution >= 0.6 is 11.6 Å². The number of rotatable bonds is 4. The number of halogens is 1. The van der Waals surface area contributed by atoms with Crippen LogP contribution in [0.2, 0.25) is 5.02 Å². The molecule has 4 heteroatoms. The van der Waals surface area contributed by atoms with Gasteiger partial charge in [-0.3, -0.25) is 5.01 Å². The van der Waals surface area contributed by atoms with Gasteiger partial charge in [-0.1, -0.05) is 61.3 Å². The van der Waals surface area contributed by atoms with E-state index in [2.05, 4.69) is 30.1 Å². The van der Waals surface area contributed by atoms with Crippen molar-refractivity contribution < 1.29 is 4.74 Å². The minimum atomic E-state index is 0.00448. The van der Waals surface area contributed by atoms with Gasteiger partial charge in [0.2, 0.25) is 0 Å². The Labute approximate surface area is 147 Å². The molecule has 2 aromatic carbocycles. The molecule has 2 atom stereocenters. The third-order valence-corrected chi connectivity index (χ3v) is 5.10. The molecule has 3 nitrogen and oxygen atoms in total. The molecule has 0 radical (unpaired) electrons. The second-order valence-corrected chi connectivity index (χ2v) is 6.79. The number of hydrogen-bond donors (Lipinski definition) is 0. The van der Waals surface area contributed by atoms with E-state index in [0.29, 0.717) is 0 Å². The molecule has 2 aliphatic rings. The number of fused-ring (bicyclic) bond motifs is 3. The van der Waals surface area contributed by atoms with Gasteiger partial charge in [0.25, 0.3) is 0 Å². The monoisotopic (exact) mass is 340 g/mol. The highest BCUT2D eigenvalue weighted by Crippen LogP contribution is 2.44. The van der Waals surface area contributed by atoms with Crippen LogP contribution in [0, 0.1) is 0 Å². The van der Waals surface area contributed by atoms with Gasteiger partial charge in [0.1, 0.15) is 5.75 Å². The molecule has 0 saturated heterocycles. The minimum Gasteiger partial charge on any atom is -0.469 e. The second kappa shape index (κ2) is 6.48. The molecule has 2 aliphatic heterocycles. The third-order valence-electron chi connectivity index (χ3n) is 4.77. The fourth-order valence-corrected chi connectivity index (χ4v) is 3.78. The van der Waals surface area contributed by atoms with Gasteiger partial charge in [0, 0.05) is 29.0 Å². The van der Waals surface area contributed by atoms with E-state index in [4.69, 9.17) is 21.4 Å². The Bertz CT molecular complexity index is 774. The summed E-state index contributed by atoms with van der Waals surface area (Å²) in [4.78, 5) is 0. The Morgan fingerprint density at radius 2 is 1.96 bits per heavy atom. The average molecular weight is 341 g/mol. The summed E-state index contributed by atoms with van der Waals surface area (Å²) >= 11 is 6.39. The van der Waals surface area contributed by atoms with Crippen LogP contribution in [0.5, 0.6) is 5.75 Å². The number of nitrogens with zero attached hydrogens (tertiary/aromatic N) is 2. The number of hydrazone groups is 1. The van der Waals surface area contributed by atoms with Gasteiger partial charge in [-0.2, -0.15) is 5.10 Å². The lowest BCUT2D eigenvalue weighted by molar-refractivity contribution is -0.0231. The van der Waals surface area contributed by atoms with E-state index in [-0.39, 0.29) is 12.3 Å². The first-order valence-corrected chi connectivity index (χ1v) is 9.02. The van der Waals surface area contributed by atoms with Crippen LogP contribution in [-0.4, -0.2) is 16.9 Å². The van der Waals surface area contributed by atoms with E-state index < -0.39 is 0 Å². The number of unbranched alkanes of at least 4 members (excludes halogenated alkanes) is 1. The Morgan fingerprint density at radius 1 is 1.17 bits per heavy atom. The molecule has 0 aliphatic carbocycles. The van der Waals surface area contributed by atoms with Crippen molar-refractivity contribution in [1.82, 2.24) is 5.01 Å². The number of ether oxygens (including phenoxy) is 1. The molecule has 0 fully saturated rings. The molecule has 0 N–H and O–H groups in total. The van der Waals surface area contributed by atoms with Crippen LogP contribution in [0.25, 0.3) is 0 Å². The molecule has 2 heterocycles. The van der Waals surface area contributed by atoms with Crippen LogP contribution in [-0.2, 0) is 0 Å². The molecular formula is C20H21ClN2O. The minimum absolute atomic E-state index is 0.00448. The molecule has 2 aromatic rings. The largest absolute Gasteiger partial charge is 0.469 e. The summed E-state index contributed by atoms with van der Waals surface area (Å²) in [6.45, 7) is 2.21. The first-order valence-electron chi connectivity index (χ1n) is 8.64. The topological polar surface area (TPSA) is 24.8 Å². The van der Waals surface area contributed by atoms with Crippen molar-refractivity contribution in [3.8, 4) is 5.75 Å². The maximum Gasteiger partial charge on any atom is 0.187 e. The van der Waals surface area contributed by atoms with Gasteiger partial charge in [-0.05, 0) is 18.6 Å². The zero-order valence-corrected chi connectivity index (χ0v) is 14.5. The summed E-state index contributed by atoms with van der Waals surface area (Å²) in [5, 5.41) is 7.82. The van der Waals surface area contributed by atoms with E-state index in [1.165, 1.54) is 5.56 Å². The molecule has 124 valence electrons. The van der Waals surface area contributed by atoms with Crippen LogP contribution < -0.4 is 4.74 Å². The number of benzene rings is 2. The van der Waals surface area contributed by atoms with E-state index >= 15 is 0 Å². The highest BCUT2D eigenvalue weighted by molar-refractivity contribution is 6.34. The predicted molar refractivity (Wildman–Crippen MR) is 97.6 cm³/mol. The molecule has 4 rings (SSSR count). The Hall–Kier alpha value is -2.00. The Kier molecular flexibility index (Phi) is 4.19. The standard InChI is InChI=1S/C20H21ClN2O/c1-2-3-12-20-23-18(15-9-5-7-11-19(15)24-20)13-17(22-23)14-8-4-6-10-16(14)21/h4-11,18,20H,2-3,12-13H2,1H3/t18-,20+/m1/s1. The van der Waals surface area contributed by atoms with Gasteiger partial charge in [-0.25, -0.2) is 0 Å². The van der Waals surface area contributed by atoms with Crippen molar-refractivity contribution in [3.63, 3.8) is 0 Å². The molecule has 0 amide bonds. The number of para-hydroxylation sites is 1. The second-order valence-electron chi connectivity index (χ2n) is 6.38. The Balaban J connectivity index is 1.71. The van der Waals surface area contributed by atoms with Gasteiger partial charge in [0.05, 0.1) is 11.8 Å². The molecular weight excluding hydrogens is 320 g/mol. The normalized spacial score (nSPS) is 21.8. The molecule has 0 spiro atoms. The van der Waals surface area contributed by atoms with E-state index in [1.807, 2.05) is 30.3 Å². The van der Waals surface area contributed by atoms with Gasteiger partial charge >= 0.3 is 0 Å². The maximum atomic E-state index is 6.39. The fraction of sp³-hybridized carbons (Fsp3) is 0.350. The molecule has 24 heavy (non-hydrogen) atoms. The lowest BCUT2D eigenvalue weighted by Gasteiger charge is -2.38. The first-order chi connectivity index (χ1) is 11.8. The average Bonchev–Trinajstić information content (AvgIpc) is 3.05. The smallest absolute Gasteiger partial charge is 0.187 e. The van der Waals surface area contributed by atoms with Crippen molar-refractivity contribution in [2.75, 3.05) is 0 Å². The van der Waals surface area contributed by atoms with Crippen molar-refractivity contribution >= 4 is 17.3 Å². The van der Waals surface area contributed by atoms with Gasteiger partial charge in [0.15, 0.2) is 6.23 Å². The lowest BCUT2D eigenvalue weighted by atomic mass is 9.96. The lowest BCUT2D eigenvalue weighted by Crippen LogP contribution is -2.40. The van der Waals surface area contributed by atoms with Crippen LogP contribution in [0.15, 0.2) is 53.6 Å². The van der Waals surface area contributed by atoms with Crippen LogP contribution in [0.3, 0.4) is 0 Å². The van der Waals surface area contributed by atoms with Crippen molar-refractivity contribution in [3.05, 3.63) is 64.7 Å². The highest BCUT2D eigenvalue weighted by Gasteiger charge is 2.39. The summed E-state index contributed by atoms with van der Waals surface area (Å²) in [7, 11) is 0. The van der Waals surface area contributed by atoms with Crippen molar-refractivity contribution in [1.29, 1.82) is 0 Å².